The average Bonchev–Trinajstić information content (AvgIpc) is 4.23. The molecule has 12 aromatic rings. The molecule has 0 radical (unpaired) electrons. The van der Waals surface area contributed by atoms with Gasteiger partial charge in [-0.1, -0.05) is 245 Å². The fraction of sp³-hybridized carbons (Fsp3) is 0.0617. The van der Waals surface area contributed by atoms with Crippen LogP contribution in [0.25, 0.3) is 22.3 Å². The molecule has 0 spiro atoms. The number of hydrogen-bond donors (Lipinski definition) is 2. The number of para-hydroxylation sites is 5. The third-order valence-corrected chi connectivity index (χ3v) is 15.1. The van der Waals surface area contributed by atoms with Crippen LogP contribution in [0.5, 0.6) is 0 Å². The lowest BCUT2D eigenvalue weighted by Gasteiger charge is -2.29. The van der Waals surface area contributed by atoms with Crippen molar-refractivity contribution < 1.29 is 0 Å². The third kappa shape index (κ3) is 14.2. The number of anilines is 9. The molecule has 0 saturated heterocycles. The Bertz CT molecular complexity index is 3730. The number of nitrogens with one attached hydrogen (secondary N) is 2. The Hall–Kier alpha value is -10.7. The molecule has 4 nitrogen and oxygen atoms in total. The maximum absolute atomic E-state index is 3.57. The van der Waals surface area contributed by atoms with Crippen LogP contribution in [-0.2, 0) is 6.42 Å². The molecule has 4 heteroatoms. The summed E-state index contributed by atoms with van der Waals surface area (Å²) in [7, 11) is 0. The molecule has 2 N–H and O–H groups in total. The second-order valence-electron chi connectivity index (χ2n) is 20.6. The average molecular weight is 1100 g/mol. The zero-order valence-electron chi connectivity index (χ0n) is 46.3. The first kappa shape index (κ1) is 57.6. The smallest absolute Gasteiger partial charge is 0.0462 e. The molecule has 14 rings (SSSR count). The highest BCUT2D eigenvalue weighted by Gasteiger charge is 2.26. The Morgan fingerprint density at radius 2 is 0.588 bits per heavy atom. The van der Waals surface area contributed by atoms with E-state index in [-0.39, 0.29) is 14.9 Å². The van der Waals surface area contributed by atoms with E-state index in [4.69, 9.17) is 0 Å². The normalized spacial score (nSPS) is 11.7. The van der Waals surface area contributed by atoms with Crippen molar-refractivity contribution in [3.8, 4) is 22.3 Å². The van der Waals surface area contributed by atoms with Crippen molar-refractivity contribution in [2.24, 2.45) is 0 Å². The molecule has 0 aliphatic heterocycles. The minimum atomic E-state index is 0. The molecule has 85 heavy (non-hydrogen) atoms. The van der Waals surface area contributed by atoms with Crippen molar-refractivity contribution in [3.05, 3.63) is 379 Å². The van der Waals surface area contributed by atoms with Crippen molar-refractivity contribution in [3.63, 3.8) is 0 Å². The lowest BCUT2D eigenvalue weighted by Crippen LogP contribution is -2.14. The number of allylic oxidation sites excluding steroid dienone is 3. The van der Waals surface area contributed by atoms with E-state index in [1.54, 1.807) is 0 Å². The van der Waals surface area contributed by atoms with Gasteiger partial charge in [0.2, 0.25) is 0 Å². The van der Waals surface area contributed by atoms with Crippen LogP contribution in [0.15, 0.2) is 352 Å². The number of hydrogen-bond acceptors (Lipinski definition) is 4. The Morgan fingerprint density at radius 3 is 0.953 bits per heavy atom. The van der Waals surface area contributed by atoms with Gasteiger partial charge < -0.3 is 20.4 Å². The number of nitrogens with zero attached hydrogens (tertiary/aromatic N) is 2. The predicted molar refractivity (Wildman–Crippen MR) is 365 cm³/mol. The summed E-state index contributed by atoms with van der Waals surface area (Å²) in [6.45, 7) is 0. The van der Waals surface area contributed by atoms with Gasteiger partial charge in [-0.25, -0.2) is 0 Å². The van der Waals surface area contributed by atoms with Crippen LogP contribution in [0.1, 0.15) is 55.0 Å². The maximum Gasteiger partial charge on any atom is 0.0462 e. The van der Waals surface area contributed by atoms with E-state index in [1.165, 1.54) is 55.8 Å². The predicted octanol–water partition coefficient (Wildman–Crippen LogP) is 22.7. The van der Waals surface area contributed by atoms with Crippen LogP contribution in [0, 0.1) is 0 Å². The Kier molecular flexibility index (Phi) is 19.2. The fourth-order valence-electron chi connectivity index (χ4n) is 11.0. The number of benzene rings is 12. The van der Waals surface area contributed by atoms with E-state index in [9.17, 15) is 0 Å². The zero-order chi connectivity index (χ0) is 55.8. The number of fused-ring (bicyclic) bond motifs is 2. The molecule has 0 unspecified atom stereocenters. The molecule has 0 fully saturated rings. The van der Waals surface area contributed by atoms with Crippen LogP contribution in [0.4, 0.5) is 51.2 Å². The largest absolute Gasteiger partial charge is 0.359 e. The Morgan fingerprint density at radius 1 is 0.282 bits per heavy atom. The molecule has 0 atom stereocenters. The quantitative estimate of drug-likeness (QED) is 0.120. The van der Waals surface area contributed by atoms with E-state index in [2.05, 4.69) is 348 Å². The van der Waals surface area contributed by atoms with E-state index in [0.717, 1.165) is 64.0 Å². The van der Waals surface area contributed by atoms with Crippen LogP contribution in [0.2, 0.25) is 0 Å². The number of rotatable bonds is 13. The SMILES string of the molecule is C.C.C1=CCC(Nc2ccccc2)=C1.c1ccc(C2c3ccccc3Cc3ccccc32)cc1.c1ccc(N(c2ccccc2)c2ccc(-c3ccc(Nc4ccc(-c5ccc(N(c6ccccc6)c6ccccc6)cc5)cc4)cc3)cc2)cc1. The van der Waals surface area contributed by atoms with Gasteiger partial charge >= 0.3 is 0 Å². The maximum atomic E-state index is 3.57. The molecule has 0 aromatic heterocycles. The molecule has 2 aliphatic carbocycles. The first-order chi connectivity index (χ1) is 41.2. The van der Waals surface area contributed by atoms with E-state index < -0.39 is 0 Å². The summed E-state index contributed by atoms with van der Waals surface area (Å²) in [4.78, 5) is 4.56. The van der Waals surface area contributed by atoms with E-state index in [1.807, 2.05) is 18.2 Å². The highest BCUT2D eigenvalue weighted by molar-refractivity contribution is 5.80. The summed E-state index contributed by atoms with van der Waals surface area (Å²) in [6, 6.07) is 116. The summed E-state index contributed by atoms with van der Waals surface area (Å²) in [6.07, 6.45) is 8.40. The van der Waals surface area contributed by atoms with Crippen molar-refractivity contribution >= 4 is 51.2 Å². The lowest BCUT2D eigenvalue weighted by molar-refractivity contribution is 0.885. The van der Waals surface area contributed by atoms with E-state index in [0.29, 0.717) is 5.92 Å². The minimum absolute atomic E-state index is 0. The standard InChI is InChI=1S/C48H37N3.C20H16.C11H11N.2CH4/c1-5-13-43(14-6-1)50(44-15-7-2-8-16-44)47-33-25-39(26-34-47)37-21-29-41(30-22-37)49-42-31-23-38(24-32-42)40-27-35-48(36-28-40)51(45-17-9-3-10-18-45)46-19-11-4-12-20-46;1-2-8-15(9-3-1)20-18-12-6-4-10-16(18)14-17-11-5-7-13-19(17)20;1-2-6-10(7-3-1)12-11-8-4-5-9-11;;/h1-36,49H;1-13,20H,14H2;1-8,12H,9H2;2*1H4. The topological polar surface area (TPSA) is 30.5 Å². The van der Waals surface area contributed by atoms with Crippen molar-refractivity contribution in [1.82, 2.24) is 0 Å². The summed E-state index contributed by atoms with van der Waals surface area (Å²) in [5, 5.41) is 6.91. The fourth-order valence-corrected chi connectivity index (χ4v) is 11.0. The molecule has 12 aromatic carbocycles. The van der Waals surface area contributed by atoms with Gasteiger partial charge in [0.05, 0.1) is 0 Å². The molecule has 0 heterocycles. The second-order valence-corrected chi connectivity index (χ2v) is 20.6. The molecule has 0 saturated carbocycles. The molecular weight excluding hydrogens is 1030 g/mol. The van der Waals surface area contributed by atoms with Gasteiger partial charge in [0.1, 0.15) is 0 Å². The highest BCUT2D eigenvalue weighted by atomic mass is 15.1. The minimum Gasteiger partial charge on any atom is -0.359 e. The first-order valence-electron chi connectivity index (χ1n) is 28.5. The van der Waals surface area contributed by atoms with Crippen LogP contribution in [-0.4, -0.2) is 0 Å². The van der Waals surface area contributed by atoms with Gasteiger partial charge in [-0.15, -0.1) is 0 Å². The molecule has 416 valence electrons. The van der Waals surface area contributed by atoms with Crippen molar-refractivity contribution in [2.45, 2.75) is 33.6 Å². The van der Waals surface area contributed by atoms with Crippen LogP contribution in [0.3, 0.4) is 0 Å². The van der Waals surface area contributed by atoms with Crippen LogP contribution >= 0.6 is 0 Å². The summed E-state index contributed by atoms with van der Waals surface area (Å²) >= 11 is 0. The van der Waals surface area contributed by atoms with Crippen molar-refractivity contribution in [1.29, 1.82) is 0 Å². The Labute approximate surface area is 504 Å². The van der Waals surface area contributed by atoms with Gasteiger partial charge in [0.25, 0.3) is 0 Å². The van der Waals surface area contributed by atoms with Gasteiger partial charge in [-0.05, 0) is 172 Å². The second kappa shape index (κ2) is 28.3. The van der Waals surface area contributed by atoms with Gasteiger partial charge in [0.15, 0.2) is 0 Å². The van der Waals surface area contributed by atoms with Crippen molar-refractivity contribution in [2.75, 3.05) is 20.4 Å². The van der Waals surface area contributed by atoms with Gasteiger partial charge in [-0.3, -0.25) is 0 Å². The first-order valence-corrected chi connectivity index (χ1v) is 28.5. The van der Waals surface area contributed by atoms with Gasteiger partial charge in [0, 0.05) is 69.2 Å². The summed E-state index contributed by atoms with van der Waals surface area (Å²) in [5.41, 5.74) is 23.2. The lowest BCUT2D eigenvalue weighted by atomic mass is 9.75. The summed E-state index contributed by atoms with van der Waals surface area (Å²) < 4.78 is 0. The third-order valence-electron chi connectivity index (χ3n) is 15.1. The molecular formula is C81H72N4. The van der Waals surface area contributed by atoms with Crippen LogP contribution < -0.4 is 20.4 Å². The molecule has 0 amide bonds. The molecule has 0 bridgehead atoms. The zero-order valence-corrected chi connectivity index (χ0v) is 46.3. The highest BCUT2D eigenvalue weighted by Crippen LogP contribution is 2.41. The van der Waals surface area contributed by atoms with Gasteiger partial charge in [-0.2, -0.15) is 0 Å². The summed E-state index contributed by atoms with van der Waals surface area (Å²) in [5.74, 6) is 0.373. The van der Waals surface area contributed by atoms with E-state index >= 15 is 0 Å². The monoisotopic (exact) mass is 1100 g/mol. The molecule has 2 aliphatic rings. The Balaban J connectivity index is 0.000000191.